The Morgan fingerprint density at radius 2 is 2.07 bits per heavy atom. The monoisotopic (exact) mass is 414 g/mol. The molecule has 1 amide bonds. The van der Waals surface area contributed by atoms with Crippen molar-refractivity contribution in [2.45, 2.75) is 18.9 Å². The summed E-state index contributed by atoms with van der Waals surface area (Å²) >= 11 is 6.08. The molecule has 154 valence electrons. The number of carbonyl (C=O) groups is 1. The van der Waals surface area contributed by atoms with Crippen LogP contribution in [0.1, 0.15) is 23.7 Å². The van der Waals surface area contributed by atoms with E-state index in [0.717, 1.165) is 38.4 Å². The van der Waals surface area contributed by atoms with Gasteiger partial charge in [-0.15, -0.1) is 6.58 Å². The average Bonchev–Trinajstić information content (AvgIpc) is 3.01. The molecule has 3 rings (SSSR count). The highest BCUT2D eigenvalue weighted by molar-refractivity contribution is 6.34. The molecule has 0 saturated carbocycles. The van der Waals surface area contributed by atoms with Crippen LogP contribution < -0.4 is 10.2 Å². The number of aliphatic hydroxyl groups excluding tert-OH is 1. The van der Waals surface area contributed by atoms with Crippen molar-refractivity contribution in [1.82, 2.24) is 9.88 Å². The van der Waals surface area contributed by atoms with E-state index in [1.165, 1.54) is 0 Å². The van der Waals surface area contributed by atoms with Gasteiger partial charge in [0, 0.05) is 26.2 Å². The van der Waals surface area contributed by atoms with Crippen LogP contribution in [0.3, 0.4) is 0 Å². The number of aromatic nitrogens is 1. The van der Waals surface area contributed by atoms with Crippen LogP contribution in [0.4, 0.5) is 11.5 Å². The molecule has 1 aromatic carbocycles. The summed E-state index contributed by atoms with van der Waals surface area (Å²) in [5.74, 6) is 0.607. The first kappa shape index (κ1) is 21.3. The number of rotatable bonds is 6. The zero-order valence-electron chi connectivity index (χ0n) is 16.6. The second-order valence-corrected chi connectivity index (χ2v) is 7.79. The topological polar surface area (TPSA) is 68.7 Å². The fourth-order valence-corrected chi connectivity index (χ4v) is 3.66. The van der Waals surface area contributed by atoms with Crippen LogP contribution in [0.25, 0.3) is 0 Å². The maximum atomic E-state index is 12.4. The van der Waals surface area contributed by atoms with Crippen molar-refractivity contribution in [2.75, 3.05) is 43.0 Å². The van der Waals surface area contributed by atoms with Crippen LogP contribution in [-0.2, 0) is 0 Å². The molecular formula is C22H27ClN4O2. The van der Waals surface area contributed by atoms with E-state index in [4.69, 9.17) is 11.6 Å². The van der Waals surface area contributed by atoms with E-state index in [-0.39, 0.29) is 12.5 Å². The maximum Gasteiger partial charge on any atom is 0.257 e. The summed E-state index contributed by atoms with van der Waals surface area (Å²) in [4.78, 5) is 21.4. The first-order valence-corrected chi connectivity index (χ1v) is 10.1. The van der Waals surface area contributed by atoms with E-state index in [1.54, 1.807) is 30.5 Å². The SMILES string of the molecule is C=CC(C)(CO)N1CCCN(c2ccc(NC(=O)c3ccccc3Cl)cn2)CC1. The van der Waals surface area contributed by atoms with Crippen LogP contribution in [-0.4, -0.2) is 59.2 Å². The number of nitrogens with zero attached hydrogens (tertiary/aromatic N) is 3. The van der Waals surface area contributed by atoms with Crippen LogP contribution >= 0.6 is 11.6 Å². The molecule has 7 heteroatoms. The molecule has 1 aromatic heterocycles. The lowest BCUT2D eigenvalue weighted by Gasteiger charge is -2.37. The zero-order valence-corrected chi connectivity index (χ0v) is 17.4. The van der Waals surface area contributed by atoms with Gasteiger partial charge in [-0.2, -0.15) is 0 Å². The Labute approximate surface area is 176 Å². The largest absolute Gasteiger partial charge is 0.394 e. The minimum atomic E-state index is -0.406. The van der Waals surface area contributed by atoms with E-state index in [0.29, 0.717) is 16.3 Å². The van der Waals surface area contributed by atoms with Crippen molar-refractivity contribution in [2.24, 2.45) is 0 Å². The predicted octanol–water partition coefficient (Wildman–Crippen LogP) is 3.44. The molecule has 1 fully saturated rings. The highest BCUT2D eigenvalue weighted by atomic mass is 35.5. The van der Waals surface area contributed by atoms with Crippen LogP contribution in [0.15, 0.2) is 55.3 Å². The Morgan fingerprint density at radius 1 is 1.28 bits per heavy atom. The molecule has 0 radical (unpaired) electrons. The van der Waals surface area contributed by atoms with Gasteiger partial charge in [-0.05, 0) is 37.6 Å². The number of aliphatic hydroxyl groups is 1. The Balaban J connectivity index is 1.64. The molecule has 2 heterocycles. The number of amides is 1. The van der Waals surface area contributed by atoms with Gasteiger partial charge in [-0.3, -0.25) is 9.69 Å². The van der Waals surface area contributed by atoms with Gasteiger partial charge in [-0.25, -0.2) is 4.98 Å². The molecule has 0 spiro atoms. The summed E-state index contributed by atoms with van der Waals surface area (Å²) < 4.78 is 0. The molecule has 1 unspecified atom stereocenters. The average molecular weight is 415 g/mol. The lowest BCUT2D eigenvalue weighted by molar-refractivity contribution is 0.0854. The normalized spacial score (nSPS) is 17.3. The van der Waals surface area contributed by atoms with E-state index >= 15 is 0 Å². The summed E-state index contributed by atoms with van der Waals surface area (Å²) in [6, 6.07) is 10.7. The van der Waals surface area contributed by atoms with Crippen molar-refractivity contribution >= 4 is 29.0 Å². The third-order valence-corrected chi connectivity index (χ3v) is 5.76. The van der Waals surface area contributed by atoms with E-state index < -0.39 is 5.54 Å². The van der Waals surface area contributed by atoms with E-state index in [1.807, 2.05) is 25.1 Å². The number of benzene rings is 1. The molecule has 0 aliphatic carbocycles. The summed E-state index contributed by atoms with van der Waals surface area (Å²) in [7, 11) is 0. The summed E-state index contributed by atoms with van der Waals surface area (Å²) in [6.07, 6.45) is 4.45. The minimum absolute atomic E-state index is 0.0502. The maximum absolute atomic E-state index is 12.4. The summed E-state index contributed by atoms with van der Waals surface area (Å²) in [5.41, 5.74) is 0.644. The standard InChI is InChI=1S/C22H27ClN4O2/c1-3-22(2,16-28)27-12-6-11-26(13-14-27)20-10-9-17(15-24-20)25-21(29)18-7-4-5-8-19(18)23/h3-5,7-10,15,28H,1,6,11-14,16H2,2H3,(H,25,29). The molecule has 2 aromatic rings. The van der Waals surface area contributed by atoms with Crippen LogP contribution in [0.2, 0.25) is 5.02 Å². The fourth-order valence-electron chi connectivity index (χ4n) is 3.44. The number of nitrogens with one attached hydrogen (secondary N) is 1. The van der Waals surface area contributed by atoms with Gasteiger partial charge in [0.05, 0.1) is 34.6 Å². The van der Waals surface area contributed by atoms with Gasteiger partial charge in [0.15, 0.2) is 0 Å². The van der Waals surface area contributed by atoms with Crippen LogP contribution in [0, 0.1) is 0 Å². The Morgan fingerprint density at radius 3 is 2.72 bits per heavy atom. The quantitative estimate of drug-likeness (QED) is 0.709. The highest BCUT2D eigenvalue weighted by Gasteiger charge is 2.29. The Kier molecular flexibility index (Phi) is 6.90. The molecule has 29 heavy (non-hydrogen) atoms. The van der Waals surface area contributed by atoms with Gasteiger partial charge in [0.2, 0.25) is 0 Å². The van der Waals surface area contributed by atoms with Gasteiger partial charge in [-0.1, -0.05) is 29.8 Å². The zero-order chi connectivity index (χ0) is 20.9. The van der Waals surface area contributed by atoms with Crippen LogP contribution in [0.5, 0.6) is 0 Å². The molecule has 1 aliphatic heterocycles. The molecule has 6 nitrogen and oxygen atoms in total. The minimum Gasteiger partial charge on any atom is -0.394 e. The van der Waals surface area contributed by atoms with Gasteiger partial charge in [0.1, 0.15) is 5.82 Å². The van der Waals surface area contributed by atoms with Crippen molar-refractivity contribution in [3.05, 3.63) is 65.8 Å². The Hall–Kier alpha value is -2.41. The molecule has 0 bridgehead atoms. The number of hydrogen-bond donors (Lipinski definition) is 2. The van der Waals surface area contributed by atoms with Crippen molar-refractivity contribution < 1.29 is 9.90 Å². The highest BCUT2D eigenvalue weighted by Crippen LogP contribution is 2.22. The molecule has 2 N–H and O–H groups in total. The Bertz CT molecular complexity index is 858. The number of anilines is 2. The number of pyridine rings is 1. The lowest BCUT2D eigenvalue weighted by Crippen LogP contribution is -2.49. The second-order valence-electron chi connectivity index (χ2n) is 7.39. The van der Waals surface area contributed by atoms with Gasteiger partial charge in [0.25, 0.3) is 5.91 Å². The smallest absolute Gasteiger partial charge is 0.257 e. The summed E-state index contributed by atoms with van der Waals surface area (Å²) in [5, 5.41) is 13.0. The lowest BCUT2D eigenvalue weighted by atomic mass is 10.0. The number of halogens is 1. The third-order valence-electron chi connectivity index (χ3n) is 5.43. The molecular weight excluding hydrogens is 388 g/mol. The number of carbonyl (C=O) groups excluding carboxylic acids is 1. The first-order chi connectivity index (χ1) is 14.0. The summed E-state index contributed by atoms with van der Waals surface area (Å²) in [6.45, 7) is 9.33. The van der Waals surface area contributed by atoms with Crippen molar-refractivity contribution in [1.29, 1.82) is 0 Å². The van der Waals surface area contributed by atoms with Gasteiger partial charge < -0.3 is 15.3 Å². The third kappa shape index (κ3) is 4.96. The van der Waals surface area contributed by atoms with E-state index in [2.05, 4.69) is 26.7 Å². The van der Waals surface area contributed by atoms with Crippen molar-refractivity contribution in [3.63, 3.8) is 0 Å². The fraction of sp³-hybridized carbons (Fsp3) is 0.364. The number of hydrogen-bond acceptors (Lipinski definition) is 5. The predicted molar refractivity (Wildman–Crippen MR) is 118 cm³/mol. The van der Waals surface area contributed by atoms with E-state index in [9.17, 15) is 9.90 Å². The van der Waals surface area contributed by atoms with Gasteiger partial charge >= 0.3 is 0 Å². The molecule has 1 atom stereocenters. The second kappa shape index (κ2) is 9.39. The molecule has 1 aliphatic rings. The van der Waals surface area contributed by atoms with Crippen molar-refractivity contribution in [3.8, 4) is 0 Å². The molecule has 1 saturated heterocycles. The first-order valence-electron chi connectivity index (χ1n) is 9.73.